The zero-order valence-corrected chi connectivity index (χ0v) is 13.1. The summed E-state index contributed by atoms with van der Waals surface area (Å²) in [5.74, 6) is 2.13. The number of carbonyl (C=O) groups is 1. The molecular weight excluding hydrogens is 278 g/mol. The Morgan fingerprint density at radius 3 is 2.77 bits per heavy atom. The first-order chi connectivity index (χ1) is 10.7. The Morgan fingerprint density at radius 2 is 2.14 bits per heavy atom. The molecule has 4 heteroatoms. The Kier molecular flexibility index (Phi) is 8.97. The molecule has 2 unspecified atom stereocenters. The van der Waals surface area contributed by atoms with Gasteiger partial charge in [0, 0.05) is 18.9 Å². The fourth-order valence-electron chi connectivity index (χ4n) is 2.02. The highest BCUT2D eigenvalue weighted by atomic mass is 16.5. The minimum Gasteiger partial charge on any atom is -0.394 e. The van der Waals surface area contributed by atoms with Crippen molar-refractivity contribution in [2.24, 2.45) is 5.92 Å². The Morgan fingerprint density at radius 1 is 1.41 bits per heavy atom. The van der Waals surface area contributed by atoms with Crippen LogP contribution >= 0.6 is 0 Å². The molecule has 1 rings (SSSR count). The maximum atomic E-state index is 11.8. The lowest BCUT2D eigenvalue weighted by molar-refractivity contribution is -0.125. The number of amides is 1. The summed E-state index contributed by atoms with van der Waals surface area (Å²) < 4.78 is 5.58. The quantitative estimate of drug-likeness (QED) is 0.514. The van der Waals surface area contributed by atoms with Crippen molar-refractivity contribution < 1.29 is 14.6 Å². The molecule has 120 valence electrons. The summed E-state index contributed by atoms with van der Waals surface area (Å²) in [5.41, 5.74) is 1.14. The molecule has 4 nitrogen and oxygen atoms in total. The van der Waals surface area contributed by atoms with E-state index in [1.807, 2.05) is 30.3 Å². The largest absolute Gasteiger partial charge is 0.394 e. The van der Waals surface area contributed by atoms with Crippen LogP contribution in [-0.4, -0.2) is 30.3 Å². The molecule has 0 saturated heterocycles. The summed E-state index contributed by atoms with van der Waals surface area (Å²) >= 11 is 0. The summed E-state index contributed by atoms with van der Waals surface area (Å²) in [6.07, 6.45) is 7.06. The van der Waals surface area contributed by atoms with E-state index in [1.165, 1.54) is 0 Å². The van der Waals surface area contributed by atoms with E-state index < -0.39 is 0 Å². The predicted molar refractivity (Wildman–Crippen MR) is 87.0 cm³/mol. The summed E-state index contributed by atoms with van der Waals surface area (Å²) in [4.78, 5) is 11.8. The second-order valence-corrected chi connectivity index (χ2v) is 5.38. The summed E-state index contributed by atoms with van der Waals surface area (Å²) in [7, 11) is 0. The van der Waals surface area contributed by atoms with Crippen molar-refractivity contribution >= 4 is 5.91 Å². The van der Waals surface area contributed by atoms with Crippen LogP contribution in [0.1, 0.15) is 31.7 Å². The Labute approximate surface area is 132 Å². The Balaban J connectivity index is 2.18. The molecule has 1 amide bonds. The van der Waals surface area contributed by atoms with Crippen molar-refractivity contribution in [3.63, 3.8) is 0 Å². The topological polar surface area (TPSA) is 58.6 Å². The molecule has 0 aliphatic heterocycles. The zero-order valence-electron chi connectivity index (χ0n) is 13.1. The van der Waals surface area contributed by atoms with Gasteiger partial charge in [0.15, 0.2) is 0 Å². The molecule has 1 aromatic rings. The van der Waals surface area contributed by atoms with Gasteiger partial charge in [0.25, 0.3) is 0 Å². The van der Waals surface area contributed by atoms with Crippen LogP contribution in [0.15, 0.2) is 30.3 Å². The first-order valence-electron chi connectivity index (χ1n) is 7.63. The van der Waals surface area contributed by atoms with Gasteiger partial charge in [-0.05, 0) is 18.4 Å². The molecule has 0 aliphatic carbocycles. The molecule has 1 aromatic carbocycles. The van der Waals surface area contributed by atoms with Crippen LogP contribution in [0, 0.1) is 18.3 Å². The van der Waals surface area contributed by atoms with Crippen molar-refractivity contribution in [2.75, 3.05) is 13.2 Å². The van der Waals surface area contributed by atoms with Gasteiger partial charge < -0.3 is 15.2 Å². The van der Waals surface area contributed by atoms with E-state index in [9.17, 15) is 9.90 Å². The second kappa shape index (κ2) is 10.8. The first kappa shape index (κ1) is 18.2. The Hall–Kier alpha value is -1.83. The molecule has 0 aromatic heterocycles. The van der Waals surface area contributed by atoms with Gasteiger partial charge >= 0.3 is 0 Å². The highest BCUT2D eigenvalue weighted by Crippen LogP contribution is 2.05. The number of benzene rings is 1. The van der Waals surface area contributed by atoms with Crippen LogP contribution in [0.2, 0.25) is 0 Å². The molecule has 2 atom stereocenters. The first-order valence-corrected chi connectivity index (χ1v) is 7.63. The van der Waals surface area contributed by atoms with Gasteiger partial charge in [0.2, 0.25) is 5.91 Å². The number of hydrogen-bond donors (Lipinski definition) is 2. The minimum absolute atomic E-state index is 0.0762. The molecule has 0 spiro atoms. The van der Waals surface area contributed by atoms with Crippen molar-refractivity contribution in [3.05, 3.63) is 35.9 Å². The number of hydrogen-bond acceptors (Lipinski definition) is 3. The monoisotopic (exact) mass is 303 g/mol. The number of rotatable bonds is 10. The molecule has 22 heavy (non-hydrogen) atoms. The van der Waals surface area contributed by atoms with Crippen LogP contribution in [0.5, 0.6) is 0 Å². The maximum absolute atomic E-state index is 11.8. The van der Waals surface area contributed by atoms with Gasteiger partial charge in [-0.1, -0.05) is 37.3 Å². The average molecular weight is 303 g/mol. The van der Waals surface area contributed by atoms with Crippen LogP contribution in [0.3, 0.4) is 0 Å². The number of aliphatic hydroxyl groups is 1. The van der Waals surface area contributed by atoms with Crippen LogP contribution in [0.25, 0.3) is 0 Å². The van der Waals surface area contributed by atoms with E-state index in [1.54, 1.807) is 6.92 Å². The Bertz CT molecular complexity index is 467. The minimum atomic E-state index is -0.243. The third-order valence-electron chi connectivity index (χ3n) is 3.39. The lowest BCUT2D eigenvalue weighted by Crippen LogP contribution is -2.40. The van der Waals surface area contributed by atoms with E-state index in [4.69, 9.17) is 11.2 Å². The molecule has 2 N–H and O–H groups in total. The molecule has 0 bridgehead atoms. The SMILES string of the molecule is C#CCC(C)C(=O)NC(CO)CCCOCc1ccccc1. The van der Waals surface area contributed by atoms with Crippen molar-refractivity contribution in [3.8, 4) is 12.3 Å². The standard InChI is InChI=1S/C18H25NO3/c1-3-8-15(2)18(21)19-17(13-20)11-7-12-22-14-16-9-5-4-6-10-16/h1,4-6,9-10,15,17,20H,7-8,11-14H2,2H3,(H,19,21). The van der Waals surface area contributed by atoms with Gasteiger partial charge in [-0.2, -0.15) is 0 Å². The van der Waals surface area contributed by atoms with Crippen molar-refractivity contribution in [1.29, 1.82) is 0 Å². The molecule has 0 radical (unpaired) electrons. The highest BCUT2D eigenvalue weighted by molar-refractivity contribution is 5.78. The van der Waals surface area contributed by atoms with Gasteiger partial charge in [0.1, 0.15) is 0 Å². The summed E-state index contributed by atoms with van der Waals surface area (Å²) in [6, 6.07) is 9.72. The number of ether oxygens (including phenoxy) is 1. The van der Waals surface area contributed by atoms with Gasteiger partial charge in [0.05, 0.1) is 19.3 Å². The van der Waals surface area contributed by atoms with Crippen LogP contribution < -0.4 is 5.32 Å². The van der Waals surface area contributed by atoms with Gasteiger partial charge in [-0.15, -0.1) is 12.3 Å². The number of carbonyl (C=O) groups excluding carboxylic acids is 1. The number of terminal acetylenes is 1. The van der Waals surface area contributed by atoms with E-state index >= 15 is 0 Å². The third kappa shape index (κ3) is 7.26. The molecule has 0 heterocycles. The molecular formula is C18H25NO3. The molecule has 0 saturated carbocycles. The second-order valence-electron chi connectivity index (χ2n) is 5.38. The summed E-state index contributed by atoms with van der Waals surface area (Å²) in [5, 5.41) is 12.1. The third-order valence-corrected chi connectivity index (χ3v) is 3.39. The average Bonchev–Trinajstić information content (AvgIpc) is 2.54. The fraction of sp³-hybridized carbons (Fsp3) is 0.500. The van der Waals surface area contributed by atoms with Crippen LogP contribution in [0.4, 0.5) is 0 Å². The van der Waals surface area contributed by atoms with Gasteiger partial charge in [-0.25, -0.2) is 0 Å². The summed E-state index contributed by atoms with van der Waals surface area (Å²) in [6.45, 7) is 2.89. The number of aliphatic hydroxyl groups excluding tert-OH is 1. The molecule has 0 fully saturated rings. The normalized spacial score (nSPS) is 13.1. The van der Waals surface area contributed by atoms with E-state index in [-0.39, 0.29) is 24.5 Å². The smallest absolute Gasteiger partial charge is 0.224 e. The lowest BCUT2D eigenvalue weighted by Gasteiger charge is -2.18. The predicted octanol–water partition coefficient (Wildman–Crippen LogP) is 2.12. The van der Waals surface area contributed by atoms with Gasteiger partial charge in [-0.3, -0.25) is 4.79 Å². The fourth-order valence-corrected chi connectivity index (χ4v) is 2.02. The lowest BCUT2D eigenvalue weighted by atomic mass is 10.1. The molecule has 0 aliphatic rings. The maximum Gasteiger partial charge on any atom is 0.224 e. The van der Waals surface area contributed by atoms with E-state index in [0.29, 0.717) is 26.1 Å². The van der Waals surface area contributed by atoms with Crippen molar-refractivity contribution in [1.82, 2.24) is 5.32 Å². The highest BCUT2D eigenvalue weighted by Gasteiger charge is 2.16. The van der Waals surface area contributed by atoms with Crippen molar-refractivity contribution in [2.45, 2.75) is 38.8 Å². The van der Waals surface area contributed by atoms with E-state index in [0.717, 1.165) is 12.0 Å². The van der Waals surface area contributed by atoms with E-state index in [2.05, 4.69) is 11.2 Å². The van der Waals surface area contributed by atoms with Crippen LogP contribution in [-0.2, 0) is 16.1 Å². The number of nitrogens with one attached hydrogen (secondary N) is 1. The zero-order chi connectivity index (χ0) is 16.2.